The molecule has 0 amide bonds. The maximum atomic E-state index is 11.5. The van der Waals surface area contributed by atoms with E-state index < -0.39 is 0 Å². The summed E-state index contributed by atoms with van der Waals surface area (Å²) in [5.41, 5.74) is -0.153. The van der Waals surface area contributed by atoms with Crippen molar-refractivity contribution in [2.45, 2.75) is 38.8 Å². The van der Waals surface area contributed by atoms with E-state index in [1.54, 1.807) is 7.05 Å². The summed E-state index contributed by atoms with van der Waals surface area (Å²) in [6.07, 6.45) is 0. The van der Waals surface area contributed by atoms with Crippen LogP contribution < -0.4 is 0 Å². The molecule has 0 aromatic heterocycles. The number of quaternary nitrogens is 1. The van der Waals surface area contributed by atoms with Gasteiger partial charge in [0.1, 0.15) is 11.1 Å². The Morgan fingerprint density at radius 2 is 1.11 bits per heavy atom. The van der Waals surface area contributed by atoms with Crippen LogP contribution in [-0.2, 0) is 0 Å². The fourth-order valence-electron chi connectivity index (χ4n) is 1.37. The van der Waals surface area contributed by atoms with E-state index in [1.165, 1.54) is 0 Å². The van der Waals surface area contributed by atoms with Crippen molar-refractivity contribution >= 4 is 0 Å². The lowest BCUT2D eigenvalue weighted by atomic mass is 10.0. The van der Waals surface area contributed by atoms with Crippen molar-refractivity contribution in [3.63, 3.8) is 0 Å². The van der Waals surface area contributed by atoms with E-state index in [9.17, 15) is 5.21 Å². The lowest BCUT2D eigenvalue weighted by molar-refractivity contribution is -0.777. The van der Waals surface area contributed by atoms with Crippen LogP contribution in [0.2, 0.25) is 0 Å². The Morgan fingerprint density at radius 1 is 1.00 bits per heavy atom. The predicted molar refractivity (Wildman–Crippen MR) is 37.7 cm³/mol. The number of likely N-dealkylation sites (N-methyl/N-ethyl adjacent to an activating group) is 1. The molecule has 1 rings (SSSR count). The highest BCUT2D eigenvalue weighted by molar-refractivity contribution is 5.05. The SMILES string of the molecule is CC1(C)C(C)(C)[N+]1(C)[O-]. The first-order chi connectivity index (χ1) is 3.75. The average Bonchev–Trinajstić information content (AvgIpc) is 1.84. The fraction of sp³-hybridized carbons (Fsp3) is 1.00. The van der Waals surface area contributed by atoms with E-state index in [-0.39, 0.29) is 15.7 Å². The second kappa shape index (κ2) is 1.18. The quantitative estimate of drug-likeness (QED) is 0.276. The van der Waals surface area contributed by atoms with Crippen molar-refractivity contribution in [3.8, 4) is 0 Å². The van der Waals surface area contributed by atoms with Gasteiger partial charge in [-0.15, -0.1) is 0 Å². The molecule has 54 valence electrons. The van der Waals surface area contributed by atoms with Crippen molar-refractivity contribution in [2.24, 2.45) is 0 Å². The number of hydrogen-bond acceptors (Lipinski definition) is 1. The van der Waals surface area contributed by atoms with Gasteiger partial charge in [0.15, 0.2) is 0 Å². The standard InChI is InChI=1S/C7H15NO/c1-6(2)7(3,4)8(6,5)9/h1-5H3. The van der Waals surface area contributed by atoms with Crippen molar-refractivity contribution in [1.29, 1.82) is 0 Å². The molecule has 0 atom stereocenters. The highest BCUT2D eigenvalue weighted by Gasteiger charge is 2.72. The van der Waals surface area contributed by atoms with Crippen LogP contribution in [0.5, 0.6) is 0 Å². The summed E-state index contributed by atoms with van der Waals surface area (Å²) in [5, 5.41) is 11.5. The molecule has 1 fully saturated rings. The van der Waals surface area contributed by atoms with E-state index in [0.29, 0.717) is 0 Å². The molecule has 0 unspecified atom stereocenters. The van der Waals surface area contributed by atoms with E-state index in [2.05, 4.69) is 0 Å². The molecule has 0 aliphatic carbocycles. The zero-order chi connectivity index (χ0) is 7.50. The summed E-state index contributed by atoms with van der Waals surface area (Å²) in [5.74, 6) is 0. The molecule has 0 radical (unpaired) electrons. The summed E-state index contributed by atoms with van der Waals surface area (Å²) >= 11 is 0. The highest BCUT2D eigenvalue weighted by atomic mass is 16.6. The van der Waals surface area contributed by atoms with Gasteiger partial charge in [-0.05, 0) is 27.7 Å². The molecule has 1 saturated heterocycles. The van der Waals surface area contributed by atoms with E-state index in [0.717, 1.165) is 0 Å². The average molecular weight is 129 g/mol. The summed E-state index contributed by atoms with van der Waals surface area (Å²) in [4.78, 5) is 0. The van der Waals surface area contributed by atoms with Crippen LogP contribution in [0.4, 0.5) is 0 Å². The number of hydrogen-bond donors (Lipinski definition) is 0. The smallest absolute Gasteiger partial charge is 0.148 e. The Labute approximate surface area is 56.6 Å². The van der Waals surface area contributed by atoms with E-state index >= 15 is 0 Å². The van der Waals surface area contributed by atoms with Crippen molar-refractivity contribution < 1.29 is 4.65 Å². The molecular formula is C7H15NO. The minimum absolute atomic E-state index is 0.0764. The van der Waals surface area contributed by atoms with Crippen molar-refractivity contribution in [3.05, 3.63) is 5.21 Å². The van der Waals surface area contributed by atoms with Gasteiger partial charge in [0.05, 0.1) is 7.05 Å². The molecule has 1 heterocycles. The zero-order valence-electron chi connectivity index (χ0n) is 6.86. The molecule has 0 aromatic carbocycles. The minimum atomic E-state index is -0.0972. The number of nitrogens with zero attached hydrogens (tertiary/aromatic N) is 1. The molecule has 0 aromatic rings. The Kier molecular flexibility index (Phi) is 0.923. The molecule has 2 nitrogen and oxygen atoms in total. The molecule has 9 heavy (non-hydrogen) atoms. The minimum Gasteiger partial charge on any atom is -0.632 e. The van der Waals surface area contributed by atoms with Gasteiger partial charge < -0.3 is 9.85 Å². The van der Waals surface area contributed by atoms with Gasteiger partial charge >= 0.3 is 0 Å². The monoisotopic (exact) mass is 129 g/mol. The topological polar surface area (TPSA) is 23.1 Å². The molecule has 1 aliphatic rings. The molecule has 0 N–H and O–H groups in total. The van der Waals surface area contributed by atoms with Crippen LogP contribution in [0, 0.1) is 5.21 Å². The molecular weight excluding hydrogens is 114 g/mol. The largest absolute Gasteiger partial charge is 0.632 e. The van der Waals surface area contributed by atoms with Gasteiger partial charge in [-0.3, -0.25) is 0 Å². The maximum absolute atomic E-state index is 11.5. The zero-order valence-corrected chi connectivity index (χ0v) is 6.86. The third-order valence-corrected chi connectivity index (χ3v) is 3.58. The van der Waals surface area contributed by atoms with Crippen LogP contribution in [0.1, 0.15) is 27.7 Å². The van der Waals surface area contributed by atoms with Gasteiger partial charge in [0.2, 0.25) is 0 Å². The van der Waals surface area contributed by atoms with Gasteiger partial charge in [0, 0.05) is 0 Å². The molecule has 2 heteroatoms. The number of hydroxylamine groups is 3. The molecule has 0 saturated carbocycles. The van der Waals surface area contributed by atoms with Crippen LogP contribution in [0.3, 0.4) is 0 Å². The second-order valence-corrected chi connectivity index (χ2v) is 4.04. The van der Waals surface area contributed by atoms with Gasteiger partial charge in [-0.2, -0.15) is 0 Å². The van der Waals surface area contributed by atoms with Gasteiger partial charge in [-0.1, -0.05) is 0 Å². The lowest BCUT2D eigenvalue weighted by Gasteiger charge is -2.22. The van der Waals surface area contributed by atoms with Crippen molar-refractivity contribution in [2.75, 3.05) is 7.05 Å². The first-order valence-electron chi connectivity index (χ1n) is 3.33. The van der Waals surface area contributed by atoms with Crippen LogP contribution in [0.25, 0.3) is 0 Å². The van der Waals surface area contributed by atoms with Crippen LogP contribution in [0.15, 0.2) is 0 Å². The van der Waals surface area contributed by atoms with E-state index in [1.807, 2.05) is 27.7 Å². The first-order valence-corrected chi connectivity index (χ1v) is 3.33. The summed E-state index contributed by atoms with van der Waals surface area (Å²) < 4.78 is -0.0972. The Morgan fingerprint density at radius 3 is 1.11 bits per heavy atom. The molecule has 0 bridgehead atoms. The Balaban J connectivity index is 2.91. The van der Waals surface area contributed by atoms with Gasteiger partial charge in [-0.25, -0.2) is 0 Å². The van der Waals surface area contributed by atoms with E-state index in [4.69, 9.17) is 0 Å². The first kappa shape index (κ1) is 7.03. The molecule has 1 aliphatic heterocycles. The molecule has 0 spiro atoms. The summed E-state index contributed by atoms with van der Waals surface area (Å²) in [7, 11) is 1.74. The Bertz CT molecular complexity index is 106. The fourth-order valence-corrected chi connectivity index (χ4v) is 1.37. The third-order valence-electron chi connectivity index (χ3n) is 3.58. The van der Waals surface area contributed by atoms with Crippen LogP contribution >= 0.6 is 0 Å². The third kappa shape index (κ3) is 0.447. The summed E-state index contributed by atoms with van der Waals surface area (Å²) in [6.45, 7) is 8.06. The highest BCUT2D eigenvalue weighted by Crippen LogP contribution is 2.56. The normalized spacial score (nSPS) is 34.0. The second-order valence-electron chi connectivity index (χ2n) is 4.04. The van der Waals surface area contributed by atoms with Gasteiger partial charge in [0.25, 0.3) is 0 Å². The summed E-state index contributed by atoms with van der Waals surface area (Å²) in [6, 6.07) is 0. The maximum Gasteiger partial charge on any atom is 0.148 e. The Hall–Kier alpha value is -0.0800. The lowest BCUT2D eigenvalue weighted by Crippen LogP contribution is -2.21. The van der Waals surface area contributed by atoms with Crippen molar-refractivity contribution in [1.82, 2.24) is 0 Å². The number of rotatable bonds is 0. The van der Waals surface area contributed by atoms with Crippen LogP contribution in [-0.4, -0.2) is 22.8 Å². The predicted octanol–water partition coefficient (Wildman–Crippen LogP) is 1.50.